The van der Waals surface area contributed by atoms with E-state index in [0.29, 0.717) is 26.1 Å². The average Bonchev–Trinajstić information content (AvgIpc) is 2.73. The number of ketones is 1. The van der Waals surface area contributed by atoms with Gasteiger partial charge < -0.3 is 9.64 Å². The van der Waals surface area contributed by atoms with Crippen LogP contribution in [-0.2, 0) is 11.2 Å². The summed E-state index contributed by atoms with van der Waals surface area (Å²) < 4.78 is 5.16. The first-order valence-corrected chi connectivity index (χ1v) is 9.78. The number of hydrogen-bond donors (Lipinski definition) is 0. The number of Topliss-reactive ketones (excluding diaryl/α,β-unsaturated/α-hetero) is 1. The van der Waals surface area contributed by atoms with Crippen LogP contribution in [0.3, 0.4) is 0 Å². The molecule has 5 nitrogen and oxygen atoms in total. The first kappa shape index (κ1) is 20.1. The van der Waals surface area contributed by atoms with Crippen LogP contribution in [0.1, 0.15) is 27.9 Å². The van der Waals surface area contributed by atoms with E-state index in [1.807, 2.05) is 60.4 Å². The summed E-state index contributed by atoms with van der Waals surface area (Å²) in [5, 5.41) is 0. The molecule has 3 rings (SSSR count). The van der Waals surface area contributed by atoms with Crippen molar-refractivity contribution in [3.8, 4) is 5.75 Å². The zero-order chi connectivity index (χ0) is 19.9. The minimum Gasteiger partial charge on any atom is -0.497 e. The molecule has 148 valence electrons. The molecule has 1 fully saturated rings. The zero-order valence-corrected chi connectivity index (χ0v) is 16.7. The summed E-state index contributed by atoms with van der Waals surface area (Å²) in [5.74, 6) is 1.14. The minimum atomic E-state index is 0.138. The Morgan fingerprint density at radius 3 is 2.18 bits per heavy atom. The van der Waals surface area contributed by atoms with Gasteiger partial charge >= 0.3 is 0 Å². The summed E-state index contributed by atoms with van der Waals surface area (Å²) in [6.45, 7) is 5.28. The number of nitrogens with zero attached hydrogens (tertiary/aromatic N) is 2. The molecule has 1 saturated heterocycles. The van der Waals surface area contributed by atoms with Crippen molar-refractivity contribution < 1.29 is 14.3 Å². The normalized spacial score (nSPS) is 14.7. The van der Waals surface area contributed by atoms with E-state index < -0.39 is 0 Å². The highest BCUT2D eigenvalue weighted by atomic mass is 16.5. The number of piperazine rings is 1. The summed E-state index contributed by atoms with van der Waals surface area (Å²) in [5.41, 5.74) is 3.04. The quantitative estimate of drug-likeness (QED) is 0.693. The van der Waals surface area contributed by atoms with Crippen molar-refractivity contribution in [2.75, 3.05) is 39.8 Å². The number of amides is 1. The fourth-order valence-electron chi connectivity index (χ4n) is 3.39. The van der Waals surface area contributed by atoms with Gasteiger partial charge in [0.05, 0.1) is 13.7 Å². The molecule has 5 heteroatoms. The average molecular weight is 380 g/mol. The first-order chi connectivity index (χ1) is 13.5. The van der Waals surface area contributed by atoms with E-state index in [1.54, 1.807) is 7.11 Å². The van der Waals surface area contributed by atoms with Gasteiger partial charge in [-0.2, -0.15) is 0 Å². The Kier molecular flexibility index (Phi) is 6.82. The van der Waals surface area contributed by atoms with Crippen molar-refractivity contribution in [3.05, 3.63) is 65.2 Å². The van der Waals surface area contributed by atoms with E-state index in [1.165, 1.54) is 0 Å². The van der Waals surface area contributed by atoms with Gasteiger partial charge in [0.1, 0.15) is 5.75 Å². The highest BCUT2D eigenvalue weighted by Crippen LogP contribution is 2.14. The van der Waals surface area contributed by atoms with E-state index in [9.17, 15) is 9.59 Å². The SMILES string of the molecule is COc1ccc(CCC(=O)N2CCN(CC(=O)c3ccc(C)cc3)CC2)cc1. The highest BCUT2D eigenvalue weighted by Gasteiger charge is 2.22. The van der Waals surface area contributed by atoms with Gasteiger partial charge in [-0.1, -0.05) is 42.0 Å². The largest absolute Gasteiger partial charge is 0.497 e. The van der Waals surface area contributed by atoms with Gasteiger partial charge in [-0.05, 0) is 31.0 Å². The Morgan fingerprint density at radius 2 is 1.57 bits per heavy atom. The Bertz CT molecular complexity index is 792. The van der Waals surface area contributed by atoms with Crippen molar-refractivity contribution in [1.29, 1.82) is 0 Å². The molecule has 0 aromatic heterocycles. The summed E-state index contributed by atoms with van der Waals surface area (Å²) >= 11 is 0. The van der Waals surface area contributed by atoms with Gasteiger partial charge in [0.2, 0.25) is 5.91 Å². The van der Waals surface area contributed by atoms with Crippen LogP contribution in [0.4, 0.5) is 0 Å². The van der Waals surface area contributed by atoms with Crippen LogP contribution in [0.2, 0.25) is 0 Å². The Morgan fingerprint density at radius 1 is 0.929 bits per heavy atom. The number of hydrogen-bond acceptors (Lipinski definition) is 4. The summed E-state index contributed by atoms with van der Waals surface area (Å²) in [7, 11) is 1.65. The second-order valence-corrected chi connectivity index (χ2v) is 7.29. The number of benzene rings is 2. The lowest BCUT2D eigenvalue weighted by molar-refractivity contribution is -0.132. The Balaban J connectivity index is 1.42. The van der Waals surface area contributed by atoms with Crippen LogP contribution < -0.4 is 4.74 Å². The van der Waals surface area contributed by atoms with Crippen molar-refractivity contribution in [3.63, 3.8) is 0 Å². The van der Waals surface area contributed by atoms with E-state index in [2.05, 4.69) is 4.90 Å². The number of aryl methyl sites for hydroxylation is 2. The molecule has 0 atom stereocenters. The Hall–Kier alpha value is -2.66. The highest BCUT2D eigenvalue weighted by molar-refractivity contribution is 5.97. The maximum Gasteiger partial charge on any atom is 0.222 e. The van der Waals surface area contributed by atoms with Crippen molar-refractivity contribution >= 4 is 11.7 Å². The molecule has 1 heterocycles. The first-order valence-electron chi connectivity index (χ1n) is 9.78. The van der Waals surface area contributed by atoms with Gasteiger partial charge in [-0.3, -0.25) is 14.5 Å². The van der Waals surface area contributed by atoms with Crippen molar-refractivity contribution in [1.82, 2.24) is 9.80 Å². The summed E-state index contributed by atoms with van der Waals surface area (Å²) in [4.78, 5) is 29.0. The lowest BCUT2D eigenvalue weighted by atomic mass is 10.1. The van der Waals surface area contributed by atoms with Crippen LogP contribution in [0.5, 0.6) is 5.75 Å². The van der Waals surface area contributed by atoms with Crippen LogP contribution in [0, 0.1) is 6.92 Å². The molecule has 0 N–H and O–H groups in total. The molecule has 0 radical (unpaired) electrons. The smallest absolute Gasteiger partial charge is 0.222 e. The summed E-state index contributed by atoms with van der Waals surface area (Å²) in [6.07, 6.45) is 1.24. The van der Waals surface area contributed by atoms with E-state index in [-0.39, 0.29) is 11.7 Å². The fraction of sp³-hybridized carbons (Fsp3) is 0.391. The molecule has 1 aliphatic rings. The molecule has 0 saturated carbocycles. The predicted molar refractivity (Wildman–Crippen MR) is 110 cm³/mol. The van der Waals surface area contributed by atoms with E-state index in [0.717, 1.165) is 42.0 Å². The molecule has 2 aromatic carbocycles. The van der Waals surface area contributed by atoms with E-state index >= 15 is 0 Å². The maximum absolute atomic E-state index is 12.5. The molecule has 0 unspecified atom stereocenters. The molecule has 0 bridgehead atoms. The summed E-state index contributed by atoms with van der Waals surface area (Å²) in [6, 6.07) is 15.5. The fourth-order valence-corrected chi connectivity index (χ4v) is 3.39. The number of rotatable bonds is 7. The van der Waals surface area contributed by atoms with Gasteiger partial charge in [-0.25, -0.2) is 0 Å². The molecule has 1 amide bonds. The molecule has 2 aromatic rings. The molecule has 0 aliphatic carbocycles. The number of methoxy groups -OCH3 is 1. The number of carbonyl (C=O) groups is 2. The van der Waals surface area contributed by atoms with E-state index in [4.69, 9.17) is 4.74 Å². The molecule has 0 spiro atoms. The van der Waals surface area contributed by atoms with Crippen LogP contribution >= 0.6 is 0 Å². The van der Waals surface area contributed by atoms with Crippen LogP contribution in [0.15, 0.2) is 48.5 Å². The second-order valence-electron chi connectivity index (χ2n) is 7.29. The molecule has 1 aliphatic heterocycles. The molecular formula is C23H28N2O3. The van der Waals surface area contributed by atoms with Crippen molar-refractivity contribution in [2.24, 2.45) is 0 Å². The lowest BCUT2D eigenvalue weighted by Gasteiger charge is -2.34. The third kappa shape index (κ3) is 5.42. The topological polar surface area (TPSA) is 49.9 Å². The molecule has 28 heavy (non-hydrogen) atoms. The van der Waals surface area contributed by atoms with Crippen LogP contribution in [0.25, 0.3) is 0 Å². The standard InChI is InChI=1S/C23H28N2O3/c1-18-3-8-20(9-4-18)22(26)17-24-13-15-25(16-14-24)23(27)12-7-19-5-10-21(28-2)11-6-19/h3-6,8-11H,7,12-17H2,1-2H3. The number of carbonyl (C=O) groups excluding carboxylic acids is 2. The van der Waals surface area contributed by atoms with Gasteiger partial charge in [0.25, 0.3) is 0 Å². The van der Waals surface area contributed by atoms with Gasteiger partial charge in [0.15, 0.2) is 5.78 Å². The van der Waals surface area contributed by atoms with Crippen molar-refractivity contribution in [2.45, 2.75) is 19.8 Å². The zero-order valence-electron chi connectivity index (χ0n) is 16.7. The number of ether oxygens (including phenoxy) is 1. The van der Waals surface area contributed by atoms with Gasteiger partial charge in [-0.15, -0.1) is 0 Å². The second kappa shape index (κ2) is 9.51. The third-order valence-corrected chi connectivity index (χ3v) is 5.25. The predicted octanol–water partition coefficient (Wildman–Crippen LogP) is 2.96. The molecular weight excluding hydrogens is 352 g/mol. The Labute approximate surface area is 166 Å². The van der Waals surface area contributed by atoms with Crippen LogP contribution in [-0.4, -0.2) is 61.3 Å². The minimum absolute atomic E-state index is 0.138. The maximum atomic E-state index is 12.5. The lowest BCUT2D eigenvalue weighted by Crippen LogP contribution is -2.49. The third-order valence-electron chi connectivity index (χ3n) is 5.25. The van der Waals surface area contributed by atoms with Gasteiger partial charge in [0, 0.05) is 38.2 Å². The monoisotopic (exact) mass is 380 g/mol.